The molecular formula is C14H10N2O2. The van der Waals surface area contributed by atoms with Crippen molar-refractivity contribution >= 4 is 23.0 Å². The molecule has 0 aliphatic rings. The van der Waals surface area contributed by atoms with Crippen molar-refractivity contribution in [3.05, 3.63) is 60.2 Å². The average Bonchev–Trinajstić information content (AvgIpc) is 3.06. The Balaban J connectivity index is 2.19. The molecule has 0 saturated heterocycles. The molecule has 0 aliphatic heterocycles. The molecule has 1 N–H and O–H groups in total. The summed E-state index contributed by atoms with van der Waals surface area (Å²) < 4.78 is 6.48. The lowest BCUT2D eigenvalue weighted by atomic mass is 10.1. The second-order valence-electron chi connectivity index (χ2n) is 3.93. The molecule has 1 aromatic carbocycles. The Bertz CT molecular complexity index is 723. The van der Waals surface area contributed by atoms with Crippen LogP contribution in [0.25, 0.3) is 10.9 Å². The van der Waals surface area contributed by atoms with Crippen molar-refractivity contribution in [2.45, 2.75) is 0 Å². The SMILES string of the molecule is N=Cc1cccc2c1ccn2C(=O)c1ccoc1. The van der Waals surface area contributed by atoms with E-state index in [1.807, 2.05) is 24.3 Å². The van der Waals surface area contributed by atoms with Crippen LogP contribution in [0.4, 0.5) is 0 Å². The molecule has 88 valence electrons. The van der Waals surface area contributed by atoms with E-state index in [4.69, 9.17) is 9.83 Å². The summed E-state index contributed by atoms with van der Waals surface area (Å²) in [5, 5.41) is 8.24. The maximum Gasteiger partial charge on any atom is 0.265 e. The summed E-state index contributed by atoms with van der Waals surface area (Å²) in [6.45, 7) is 0. The van der Waals surface area contributed by atoms with Gasteiger partial charge in [-0.05, 0) is 18.2 Å². The zero-order valence-corrected chi connectivity index (χ0v) is 9.46. The fraction of sp³-hybridized carbons (Fsp3) is 0. The molecule has 0 aliphatic carbocycles. The molecule has 0 bridgehead atoms. The third-order valence-electron chi connectivity index (χ3n) is 2.91. The predicted molar refractivity (Wildman–Crippen MR) is 68.3 cm³/mol. The smallest absolute Gasteiger partial charge is 0.265 e. The molecule has 0 fully saturated rings. The molecular weight excluding hydrogens is 228 g/mol. The minimum atomic E-state index is -0.138. The van der Waals surface area contributed by atoms with Crippen molar-refractivity contribution < 1.29 is 9.21 Å². The van der Waals surface area contributed by atoms with E-state index < -0.39 is 0 Å². The highest BCUT2D eigenvalue weighted by atomic mass is 16.3. The summed E-state index contributed by atoms with van der Waals surface area (Å²) in [7, 11) is 0. The van der Waals surface area contributed by atoms with E-state index in [2.05, 4.69) is 0 Å². The number of carbonyl (C=O) groups is 1. The largest absolute Gasteiger partial charge is 0.472 e. The summed E-state index contributed by atoms with van der Waals surface area (Å²) in [4.78, 5) is 12.2. The number of nitrogens with zero attached hydrogens (tertiary/aromatic N) is 1. The molecule has 0 unspecified atom stereocenters. The molecule has 3 rings (SSSR count). The molecule has 2 aromatic heterocycles. The first-order valence-corrected chi connectivity index (χ1v) is 5.49. The number of hydrogen-bond donors (Lipinski definition) is 1. The lowest BCUT2D eigenvalue weighted by Crippen LogP contribution is -2.09. The van der Waals surface area contributed by atoms with Gasteiger partial charge in [-0.15, -0.1) is 0 Å². The summed E-state index contributed by atoms with van der Waals surface area (Å²) in [5.41, 5.74) is 2.10. The normalized spacial score (nSPS) is 10.7. The number of hydrogen-bond acceptors (Lipinski definition) is 3. The number of rotatable bonds is 2. The van der Waals surface area contributed by atoms with Gasteiger partial charge in [0.1, 0.15) is 6.26 Å². The van der Waals surface area contributed by atoms with Gasteiger partial charge < -0.3 is 9.83 Å². The van der Waals surface area contributed by atoms with Crippen molar-refractivity contribution in [1.82, 2.24) is 4.57 Å². The standard InChI is InChI=1S/C14H10N2O2/c15-8-10-2-1-3-13-12(10)4-6-16(13)14(17)11-5-7-18-9-11/h1-9,15H. The molecule has 0 radical (unpaired) electrons. The van der Waals surface area contributed by atoms with Crippen LogP contribution < -0.4 is 0 Å². The Morgan fingerprint density at radius 2 is 2.17 bits per heavy atom. The zero-order chi connectivity index (χ0) is 12.5. The Labute approximate surface area is 103 Å². The highest BCUT2D eigenvalue weighted by molar-refractivity contribution is 6.05. The van der Waals surface area contributed by atoms with E-state index in [0.29, 0.717) is 5.56 Å². The maximum atomic E-state index is 12.2. The van der Waals surface area contributed by atoms with Crippen LogP contribution in [0.5, 0.6) is 0 Å². The molecule has 3 aromatic rings. The van der Waals surface area contributed by atoms with Gasteiger partial charge in [0.05, 0.1) is 17.3 Å². The topological polar surface area (TPSA) is 59.0 Å². The quantitative estimate of drug-likeness (QED) is 0.698. The van der Waals surface area contributed by atoms with Crippen LogP contribution in [0.1, 0.15) is 15.9 Å². The fourth-order valence-electron chi connectivity index (χ4n) is 2.02. The van der Waals surface area contributed by atoms with Crippen molar-refractivity contribution in [3.8, 4) is 0 Å². The maximum absolute atomic E-state index is 12.2. The van der Waals surface area contributed by atoms with Gasteiger partial charge in [0.15, 0.2) is 0 Å². The van der Waals surface area contributed by atoms with Crippen LogP contribution in [0, 0.1) is 5.41 Å². The van der Waals surface area contributed by atoms with Crippen LogP contribution in [0.3, 0.4) is 0 Å². The van der Waals surface area contributed by atoms with Gasteiger partial charge in [0, 0.05) is 23.4 Å². The van der Waals surface area contributed by atoms with Crippen molar-refractivity contribution in [2.75, 3.05) is 0 Å². The highest BCUT2D eigenvalue weighted by Gasteiger charge is 2.13. The first kappa shape index (κ1) is 10.5. The van der Waals surface area contributed by atoms with E-state index in [0.717, 1.165) is 16.5 Å². The van der Waals surface area contributed by atoms with Crippen LogP contribution in [0.15, 0.2) is 53.5 Å². The average molecular weight is 238 g/mol. The number of fused-ring (bicyclic) bond motifs is 1. The molecule has 0 saturated carbocycles. The third kappa shape index (κ3) is 1.47. The molecule has 2 heterocycles. The second-order valence-corrected chi connectivity index (χ2v) is 3.93. The molecule has 4 nitrogen and oxygen atoms in total. The number of furan rings is 1. The summed E-state index contributed by atoms with van der Waals surface area (Å²) in [6.07, 6.45) is 5.90. The van der Waals surface area contributed by atoms with E-state index >= 15 is 0 Å². The minimum absolute atomic E-state index is 0.138. The van der Waals surface area contributed by atoms with Crippen LogP contribution in [-0.2, 0) is 0 Å². The Morgan fingerprint density at radius 1 is 1.28 bits per heavy atom. The number of nitrogens with one attached hydrogen (secondary N) is 1. The van der Waals surface area contributed by atoms with Crippen molar-refractivity contribution in [1.29, 1.82) is 5.41 Å². The third-order valence-corrected chi connectivity index (χ3v) is 2.91. The minimum Gasteiger partial charge on any atom is -0.472 e. The summed E-state index contributed by atoms with van der Waals surface area (Å²) >= 11 is 0. The van der Waals surface area contributed by atoms with E-state index in [-0.39, 0.29) is 5.91 Å². The number of benzene rings is 1. The van der Waals surface area contributed by atoms with Crippen molar-refractivity contribution in [3.63, 3.8) is 0 Å². The van der Waals surface area contributed by atoms with Gasteiger partial charge in [-0.3, -0.25) is 9.36 Å². The Hall–Kier alpha value is -2.62. The monoisotopic (exact) mass is 238 g/mol. The number of aromatic nitrogens is 1. The second kappa shape index (κ2) is 4.00. The van der Waals surface area contributed by atoms with Gasteiger partial charge in [-0.2, -0.15) is 0 Å². The lowest BCUT2D eigenvalue weighted by Gasteiger charge is -2.02. The van der Waals surface area contributed by atoms with Gasteiger partial charge in [0.25, 0.3) is 5.91 Å². The zero-order valence-electron chi connectivity index (χ0n) is 9.46. The molecule has 0 spiro atoms. The van der Waals surface area contributed by atoms with Crippen LogP contribution in [-0.4, -0.2) is 16.7 Å². The lowest BCUT2D eigenvalue weighted by molar-refractivity contribution is 0.0964. The van der Waals surface area contributed by atoms with Crippen LogP contribution in [0.2, 0.25) is 0 Å². The number of carbonyl (C=O) groups excluding carboxylic acids is 1. The Kier molecular flexibility index (Phi) is 2.34. The van der Waals surface area contributed by atoms with Gasteiger partial charge in [-0.25, -0.2) is 0 Å². The first-order valence-electron chi connectivity index (χ1n) is 5.49. The predicted octanol–water partition coefficient (Wildman–Crippen LogP) is 2.92. The first-order chi connectivity index (χ1) is 8.81. The molecule has 0 amide bonds. The summed E-state index contributed by atoms with van der Waals surface area (Å²) in [5.74, 6) is -0.138. The molecule has 0 atom stereocenters. The van der Waals surface area contributed by atoms with E-state index in [9.17, 15) is 4.79 Å². The van der Waals surface area contributed by atoms with Gasteiger partial charge in [0.2, 0.25) is 0 Å². The molecule has 4 heteroatoms. The van der Waals surface area contributed by atoms with E-state index in [1.54, 1.807) is 16.8 Å². The Morgan fingerprint density at radius 3 is 2.89 bits per heavy atom. The van der Waals surface area contributed by atoms with Crippen LogP contribution >= 0.6 is 0 Å². The fourth-order valence-corrected chi connectivity index (χ4v) is 2.02. The molecule has 18 heavy (non-hydrogen) atoms. The van der Waals surface area contributed by atoms with Gasteiger partial charge in [-0.1, -0.05) is 12.1 Å². The van der Waals surface area contributed by atoms with Crippen molar-refractivity contribution in [2.24, 2.45) is 0 Å². The van der Waals surface area contributed by atoms with E-state index in [1.165, 1.54) is 18.7 Å². The highest BCUT2D eigenvalue weighted by Crippen LogP contribution is 2.20. The van der Waals surface area contributed by atoms with Gasteiger partial charge >= 0.3 is 0 Å². The summed E-state index contributed by atoms with van der Waals surface area (Å²) in [6, 6.07) is 9.02.